The average Bonchev–Trinajstić information content (AvgIpc) is 2.42. The average molecular weight is 276 g/mol. The number of carbonyl (C=O) groups is 1. The van der Waals surface area contributed by atoms with Crippen molar-refractivity contribution in [3.05, 3.63) is 29.6 Å². The summed E-state index contributed by atoms with van der Waals surface area (Å²) in [5.41, 5.74) is 1.46. The van der Waals surface area contributed by atoms with Crippen molar-refractivity contribution in [2.24, 2.45) is 5.41 Å². The van der Waals surface area contributed by atoms with Gasteiger partial charge in [0, 0.05) is 37.0 Å². The second kappa shape index (κ2) is 5.52. The maximum Gasteiger partial charge on any atom is 0.255 e. The van der Waals surface area contributed by atoms with Crippen LogP contribution in [0.5, 0.6) is 0 Å². The van der Waals surface area contributed by atoms with Gasteiger partial charge >= 0.3 is 0 Å². The van der Waals surface area contributed by atoms with E-state index in [0.717, 1.165) is 18.7 Å². The summed E-state index contributed by atoms with van der Waals surface area (Å²) in [7, 11) is 1.88. The number of rotatable bonds is 4. The summed E-state index contributed by atoms with van der Waals surface area (Å²) in [6, 6.07) is 3.86. The van der Waals surface area contributed by atoms with Crippen LogP contribution in [0.3, 0.4) is 0 Å². The van der Waals surface area contributed by atoms with Crippen LogP contribution >= 0.6 is 0 Å². The summed E-state index contributed by atoms with van der Waals surface area (Å²) in [6.07, 6.45) is 2.86. The number of aromatic nitrogens is 1. The van der Waals surface area contributed by atoms with Crippen molar-refractivity contribution in [3.63, 3.8) is 0 Å². The zero-order valence-corrected chi connectivity index (χ0v) is 13.0. The van der Waals surface area contributed by atoms with Crippen molar-refractivity contribution in [3.8, 4) is 0 Å². The minimum absolute atomic E-state index is 0.00344. The Morgan fingerprint density at radius 3 is 2.80 bits per heavy atom. The van der Waals surface area contributed by atoms with Gasteiger partial charge in [0.05, 0.1) is 11.7 Å². The molecule has 4 heteroatoms. The molecule has 0 N–H and O–H groups in total. The van der Waals surface area contributed by atoms with E-state index < -0.39 is 0 Å². The Morgan fingerprint density at radius 2 is 2.25 bits per heavy atom. The molecule has 1 aromatic heterocycles. The summed E-state index contributed by atoms with van der Waals surface area (Å²) in [5.74, 6) is 0.0450. The van der Waals surface area contributed by atoms with Crippen LogP contribution in [0.25, 0.3) is 0 Å². The van der Waals surface area contributed by atoms with Crippen LogP contribution in [-0.4, -0.2) is 41.6 Å². The molecule has 0 unspecified atom stereocenters. The van der Waals surface area contributed by atoms with Crippen molar-refractivity contribution in [1.29, 1.82) is 0 Å². The van der Waals surface area contributed by atoms with Crippen molar-refractivity contribution in [2.75, 3.05) is 13.7 Å². The van der Waals surface area contributed by atoms with Crippen LogP contribution in [0, 0.1) is 12.3 Å². The van der Waals surface area contributed by atoms with Gasteiger partial charge in [-0.2, -0.15) is 0 Å². The lowest BCUT2D eigenvalue weighted by atomic mass is 9.63. The fourth-order valence-corrected chi connectivity index (χ4v) is 3.05. The minimum atomic E-state index is -0.00344. The molecular formula is C16H24N2O2. The van der Waals surface area contributed by atoms with E-state index in [-0.39, 0.29) is 23.5 Å². The largest absolute Gasteiger partial charge is 0.378 e. The van der Waals surface area contributed by atoms with Crippen LogP contribution in [0.15, 0.2) is 18.3 Å². The molecular weight excluding hydrogens is 252 g/mol. The molecule has 0 aliphatic heterocycles. The number of nitrogens with zero attached hydrogens (tertiary/aromatic N) is 2. The number of ether oxygens (including phenoxy) is 1. The first kappa shape index (κ1) is 15.0. The molecule has 4 nitrogen and oxygen atoms in total. The molecule has 2 atom stereocenters. The van der Waals surface area contributed by atoms with Crippen LogP contribution in [0.2, 0.25) is 0 Å². The van der Waals surface area contributed by atoms with Crippen LogP contribution < -0.4 is 0 Å². The zero-order chi connectivity index (χ0) is 14.9. The van der Waals surface area contributed by atoms with Crippen molar-refractivity contribution in [2.45, 2.75) is 46.3 Å². The smallest absolute Gasteiger partial charge is 0.255 e. The van der Waals surface area contributed by atoms with Gasteiger partial charge in [-0.1, -0.05) is 13.8 Å². The minimum Gasteiger partial charge on any atom is -0.378 e. The number of carbonyl (C=O) groups excluding carboxylic acids is 1. The molecule has 1 aliphatic rings. The first-order valence-corrected chi connectivity index (χ1v) is 7.20. The van der Waals surface area contributed by atoms with Gasteiger partial charge in [0.25, 0.3) is 5.91 Å². The summed E-state index contributed by atoms with van der Waals surface area (Å²) in [6.45, 7) is 8.94. The third kappa shape index (κ3) is 2.44. The summed E-state index contributed by atoms with van der Waals surface area (Å²) >= 11 is 0. The molecule has 0 saturated heterocycles. The summed E-state index contributed by atoms with van der Waals surface area (Å²) in [5, 5.41) is 0. The van der Waals surface area contributed by atoms with Crippen LogP contribution in [0.1, 0.15) is 43.2 Å². The Balaban J connectivity index is 2.12. The summed E-state index contributed by atoms with van der Waals surface area (Å²) in [4.78, 5) is 18.6. The van der Waals surface area contributed by atoms with Gasteiger partial charge in [-0.05, 0) is 32.4 Å². The maximum absolute atomic E-state index is 12.6. The lowest BCUT2D eigenvalue weighted by Gasteiger charge is -2.54. The van der Waals surface area contributed by atoms with Gasteiger partial charge in [0.15, 0.2) is 0 Å². The Labute approximate surface area is 121 Å². The van der Waals surface area contributed by atoms with E-state index in [1.807, 2.05) is 37.9 Å². The highest BCUT2D eigenvalue weighted by atomic mass is 16.5. The van der Waals surface area contributed by atoms with Gasteiger partial charge < -0.3 is 9.64 Å². The number of hydrogen-bond acceptors (Lipinski definition) is 3. The van der Waals surface area contributed by atoms with Crippen molar-refractivity contribution >= 4 is 5.91 Å². The number of amides is 1. The number of hydrogen-bond donors (Lipinski definition) is 0. The molecule has 2 rings (SSSR count). The topological polar surface area (TPSA) is 42.4 Å². The van der Waals surface area contributed by atoms with Gasteiger partial charge in [-0.15, -0.1) is 0 Å². The van der Waals surface area contributed by atoms with E-state index in [4.69, 9.17) is 4.74 Å². The Hall–Kier alpha value is -1.42. The molecule has 110 valence electrons. The Kier molecular flexibility index (Phi) is 4.14. The van der Waals surface area contributed by atoms with Gasteiger partial charge in [0.1, 0.15) is 0 Å². The lowest BCUT2D eigenvalue weighted by Crippen LogP contribution is -2.62. The highest BCUT2D eigenvalue weighted by molar-refractivity contribution is 5.95. The first-order valence-electron chi connectivity index (χ1n) is 7.20. The number of pyridine rings is 1. The van der Waals surface area contributed by atoms with Crippen molar-refractivity contribution < 1.29 is 9.53 Å². The summed E-state index contributed by atoms with van der Waals surface area (Å²) < 4.78 is 5.73. The van der Waals surface area contributed by atoms with Gasteiger partial charge in [-0.3, -0.25) is 9.78 Å². The van der Waals surface area contributed by atoms with E-state index in [0.29, 0.717) is 5.56 Å². The lowest BCUT2D eigenvalue weighted by molar-refractivity contribution is -0.136. The van der Waals surface area contributed by atoms with E-state index in [9.17, 15) is 4.79 Å². The fourth-order valence-electron chi connectivity index (χ4n) is 3.05. The molecule has 0 aromatic carbocycles. The van der Waals surface area contributed by atoms with Crippen LogP contribution in [0.4, 0.5) is 0 Å². The standard InChI is InChI=1S/C16H24N2O2/c1-6-20-14-10-13(16(14,3)4)18(5)15(19)12-8-7-9-17-11(12)2/h7-9,13-14H,6,10H2,1-5H3/t13-,14-/m0/s1. The Morgan fingerprint density at radius 1 is 1.55 bits per heavy atom. The van der Waals surface area contributed by atoms with E-state index in [1.54, 1.807) is 6.20 Å². The quantitative estimate of drug-likeness (QED) is 0.849. The second-order valence-electron chi connectivity index (χ2n) is 6.07. The molecule has 1 saturated carbocycles. The highest BCUT2D eigenvalue weighted by Crippen LogP contribution is 2.45. The third-order valence-corrected chi connectivity index (χ3v) is 4.52. The van der Waals surface area contributed by atoms with E-state index in [2.05, 4.69) is 18.8 Å². The molecule has 0 spiro atoms. The molecule has 20 heavy (non-hydrogen) atoms. The zero-order valence-electron chi connectivity index (χ0n) is 13.0. The second-order valence-corrected chi connectivity index (χ2v) is 6.07. The molecule has 0 bridgehead atoms. The predicted octanol–water partition coefficient (Wildman–Crippen LogP) is 2.67. The molecule has 1 aromatic rings. The highest BCUT2D eigenvalue weighted by Gasteiger charge is 2.51. The van der Waals surface area contributed by atoms with Crippen LogP contribution in [-0.2, 0) is 4.74 Å². The monoisotopic (exact) mass is 276 g/mol. The number of aryl methyl sites for hydroxylation is 1. The molecule has 1 heterocycles. The first-order chi connectivity index (χ1) is 9.39. The fraction of sp³-hybridized carbons (Fsp3) is 0.625. The van der Waals surface area contributed by atoms with Crippen molar-refractivity contribution in [1.82, 2.24) is 9.88 Å². The molecule has 1 fully saturated rings. The predicted molar refractivity (Wildman–Crippen MR) is 78.7 cm³/mol. The van der Waals surface area contributed by atoms with E-state index in [1.165, 1.54) is 0 Å². The Bertz CT molecular complexity index is 499. The van der Waals surface area contributed by atoms with E-state index >= 15 is 0 Å². The SMILES string of the molecule is CCO[C@H]1C[C@H](N(C)C(=O)c2cccnc2C)C1(C)C. The van der Waals surface area contributed by atoms with Gasteiger partial charge in [-0.25, -0.2) is 0 Å². The van der Waals surface area contributed by atoms with Gasteiger partial charge in [0.2, 0.25) is 0 Å². The molecule has 1 aliphatic carbocycles. The third-order valence-electron chi connectivity index (χ3n) is 4.52. The maximum atomic E-state index is 12.6. The normalized spacial score (nSPS) is 24.1. The molecule has 0 radical (unpaired) electrons. The molecule has 1 amide bonds.